The third-order valence-corrected chi connectivity index (χ3v) is 3.45. The van der Waals surface area contributed by atoms with E-state index in [0.717, 1.165) is 5.69 Å². The SMILES string of the molecule is COc1ccc(NCCOCCCS(=O)(=O)O)cc1OC. The fourth-order valence-electron chi connectivity index (χ4n) is 1.66. The molecule has 0 radical (unpaired) electrons. The molecule has 0 saturated carbocycles. The molecule has 7 nitrogen and oxygen atoms in total. The van der Waals surface area contributed by atoms with Gasteiger partial charge in [-0.25, -0.2) is 0 Å². The average molecular weight is 319 g/mol. The van der Waals surface area contributed by atoms with Crippen molar-refractivity contribution >= 4 is 15.8 Å². The van der Waals surface area contributed by atoms with Crippen LogP contribution < -0.4 is 14.8 Å². The smallest absolute Gasteiger partial charge is 0.264 e. The molecule has 0 heterocycles. The van der Waals surface area contributed by atoms with Crippen LogP contribution in [-0.2, 0) is 14.9 Å². The van der Waals surface area contributed by atoms with E-state index in [-0.39, 0.29) is 18.8 Å². The van der Waals surface area contributed by atoms with Gasteiger partial charge in [0.1, 0.15) is 0 Å². The highest BCUT2D eigenvalue weighted by Gasteiger charge is 2.04. The Morgan fingerprint density at radius 1 is 1.14 bits per heavy atom. The van der Waals surface area contributed by atoms with Crippen LogP contribution in [0.15, 0.2) is 18.2 Å². The molecule has 1 aromatic rings. The van der Waals surface area contributed by atoms with Gasteiger partial charge in [-0.15, -0.1) is 0 Å². The third kappa shape index (κ3) is 7.16. The number of hydrogen-bond acceptors (Lipinski definition) is 6. The summed E-state index contributed by atoms with van der Waals surface area (Å²) in [6.45, 7) is 1.29. The summed E-state index contributed by atoms with van der Waals surface area (Å²) in [5, 5.41) is 3.15. The van der Waals surface area contributed by atoms with E-state index in [9.17, 15) is 8.42 Å². The second-order valence-electron chi connectivity index (χ2n) is 4.25. The van der Waals surface area contributed by atoms with Crippen molar-refractivity contribution in [2.75, 3.05) is 45.0 Å². The summed E-state index contributed by atoms with van der Waals surface area (Å²) in [7, 11) is -0.751. The van der Waals surface area contributed by atoms with Crippen molar-refractivity contribution in [1.82, 2.24) is 0 Å². The molecule has 0 amide bonds. The quantitative estimate of drug-likeness (QED) is 0.497. The maximum Gasteiger partial charge on any atom is 0.264 e. The summed E-state index contributed by atoms with van der Waals surface area (Å²) in [5.74, 6) is 1.01. The van der Waals surface area contributed by atoms with Crippen molar-refractivity contribution in [3.63, 3.8) is 0 Å². The van der Waals surface area contributed by atoms with Gasteiger partial charge in [-0.05, 0) is 18.6 Å². The molecule has 0 unspecified atom stereocenters. The van der Waals surface area contributed by atoms with E-state index in [1.807, 2.05) is 12.1 Å². The highest BCUT2D eigenvalue weighted by atomic mass is 32.2. The summed E-state index contributed by atoms with van der Waals surface area (Å²) in [4.78, 5) is 0. The number of hydrogen-bond donors (Lipinski definition) is 2. The molecule has 0 fully saturated rings. The normalized spacial score (nSPS) is 11.2. The Balaban J connectivity index is 2.24. The first kappa shape index (κ1) is 17.5. The van der Waals surface area contributed by atoms with Crippen molar-refractivity contribution < 1.29 is 27.2 Å². The Morgan fingerprint density at radius 2 is 1.86 bits per heavy atom. The lowest BCUT2D eigenvalue weighted by molar-refractivity contribution is 0.144. The van der Waals surface area contributed by atoms with E-state index < -0.39 is 10.1 Å². The fraction of sp³-hybridized carbons (Fsp3) is 0.538. The van der Waals surface area contributed by atoms with Gasteiger partial charge in [-0.3, -0.25) is 4.55 Å². The largest absolute Gasteiger partial charge is 0.493 e. The van der Waals surface area contributed by atoms with E-state index in [4.69, 9.17) is 18.8 Å². The maximum absolute atomic E-state index is 10.5. The van der Waals surface area contributed by atoms with Gasteiger partial charge in [-0.2, -0.15) is 8.42 Å². The summed E-state index contributed by atoms with van der Waals surface area (Å²) >= 11 is 0. The summed E-state index contributed by atoms with van der Waals surface area (Å²) in [6.07, 6.45) is 0.273. The number of benzene rings is 1. The standard InChI is InChI=1S/C13H21NO6S/c1-18-12-5-4-11(10-13(12)19-2)14-6-8-20-7-3-9-21(15,16)17/h4-5,10,14H,3,6-9H2,1-2H3,(H,15,16,17). The lowest BCUT2D eigenvalue weighted by atomic mass is 10.2. The van der Waals surface area contributed by atoms with E-state index in [0.29, 0.717) is 24.7 Å². The Morgan fingerprint density at radius 3 is 2.48 bits per heavy atom. The molecule has 1 aromatic carbocycles. The van der Waals surface area contributed by atoms with Crippen LogP contribution in [-0.4, -0.2) is 52.7 Å². The van der Waals surface area contributed by atoms with Crippen molar-refractivity contribution in [3.05, 3.63) is 18.2 Å². The van der Waals surface area contributed by atoms with E-state index in [1.54, 1.807) is 20.3 Å². The number of rotatable bonds is 10. The average Bonchev–Trinajstić information content (AvgIpc) is 2.44. The second-order valence-corrected chi connectivity index (χ2v) is 5.82. The molecule has 8 heteroatoms. The topological polar surface area (TPSA) is 94.1 Å². The van der Waals surface area contributed by atoms with Crippen LogP contribution in [0.4, 0.5) is 5.69 Å². The molecular weight excluding hydrogens is 298 g/mol. The van der Waals surface area contributed by atoms with Crippen LogP contribution in [0.25, 0.3) is 0 Å². The van der Waals surface area contributed by atoms with E-state index >= 15 is 0 Å². The van der Waals surface area contributed by atoms with Gasteiger partial charge < -0.3 is 19.5 Å². The molecule has 120 valence electrons. The number of methoxy groups -OCH3 is 2. The molecular formula is C13H21NO6S. The predicted molar refractivity (Wildman–Crippen MR) is 79.9 cm³/mol. The van der Waals surface area contributed by atoms with Crippen molar-refractivity contribution in [3.8, 4) is 11.5 Å². The summed E-state index contributed by atoms with van der Waals surface area (Å²) < 4.78 is 45.1. The molecule has 0 bridgehead atoms. The predicted octanol–water partition coefficient (Wildman–Crippen LogP) is 1.41. The molecule has 0 aliphatic carbocycles. The van der Waals surface area contributed by atoms with E-state index in [2.05, 4.69) is 5.32 Å². The van der Waals surface area contributed by atoms with Crippen LogP contribution in [0.2, 0.25) is 0 Å². The Hall–Kier alpha value is -1.51. The van der Waals surface area contributed by atoms with E-state index in [1.165, 1.54) is 0 Å². The van der Waals surface area contributed by atoms with Crippen molar-refractivity contribution in [2.45, 2.75) is 6.42 Å². The molecule has 2 N–H and O–H groups in total. The Kier molecular flexibility index (Phi) is 7.27. The van der Waals surface area contributed by atoms with Gasteiger partial charge in [0.2, 0.25) is 0 Å². The van der Waals surface area contributed by atoms with Gasteiger partial charge >= 0.3 is 0 Å². The first-order chi connectivity index (χ1) is 9.96. The lowest BCUT2D eigenvalue weighted by Gasteiger charge is -2.11. The minimum atomic E-state index is -3.90. The monoisotopic (exact) mass is 319 g/mol. The molecule has 1 rings (SSSR count). The molecule has 0 aliphatic rings. The van der Waals surface area contributed by atoms with Crippen LogP contribution in [0.3, 0.4) is 0 Å². The van der Waals surface area contributed by atoms with Crippen LogP contribution in [0.5, 0.6) is 11.5 Å². The van der Waals surface area contributed by atoms with Crippen LogP contribution in [0, 0.1) is 0 Å². The fourth-order valence-corrected chi connectivity index (χ4v) is 2.14. The highest BCUT2D eigenvalue weighted by Crippen LogP contribution is 2.29. The summed E-state index contributed by atoms with van der Waals surface area (Å²) in [5.41, 5.74) is 0.870. The molecule has 0 spiro atoms. The molecule has 0 atom stereocenters. The Labute approximate surface area is 125 Å². The van der Waals surface area contributed by atoms with Gasteiger partial charge in [0.25, 0.3) is 10.1 Å². The second kappa shape index (κ2) is 8.71. The van der Waals surface area contributed by atoms with Gasteiger partial charge in [0.05, 0.1) is 26.6 Å². The zero-order valence-electron chi connectivity index (χ0n) is 12.2. The van der Waals surface area contributed by atoms with Crippen molar-refractivity contribution in [1.29, 1.82) is 0 Å². The Bertz CT molecular complexity index is 531. The molecule has 0 aliphatic heterocycles. The number of nitrogens with one attached hydrogen (secondary N) is 1. The number of ether oxygens (including phenoxy) is 3. The molecule has 0 saturated heterocycles. The third-order valence-electron chi connectivity index (χ3n) is 2.65. The van der Waals surface area contributed by atoms with Crippen LogP contribution in [0.1, 0.15) is 6.42 Å². The zero-order valence-corrected chi connectivity index (χ0v) is 13.0. The first-order valence-electron chi connectivity index (χ1n) is 6.45. The summed E-state index contributed by atoms with van der Waals surface area (Å²) in [6, 6.07) is 5.48. The minimum absolute atomic E-state index is 0.273. The molecule has 21 heavy (non-hydrogen) atoms. The van der Waals surface area contributed by atoms with Crippen molar-refractivity contribution in [2.24, 2.45) is 0 Å². The maximum atomic E-state index is 10.5. The van der Waals surface area contributed by atoms with Gasteiger partial charge in [-0.1, -0.05) is 0 Å². The van der Waals surface area contributed by atoms with Crippen LogP contribution >= 0.6 is 0 Å². The van der Waals surface area contributed by atoms with Gasteiger partial charge in [0, 0.05) is 24.9 Å². The highest BCUT2D eigenvalue weighted by molar-refractivity contribution is 7.85. The minimum Gasteiger partial charge on any atom is -0.493 e. The number of anilines is 1. The first-order valence-corrected chi connectivity index (χ1v) is 8.06. The lowest BCUT2D eigenvalue weighted by Crippen LogP contribution is -2.12. The zero-order chi connectivity index (χ0) is 15.7. The molecule has 0 aromatic heterocycles. The van der Waals surface area contributed by atoms with Gasteiger partial charge in [0.15, 0.2) is 11.5 Å².